The van der Waals surface area contributed by atoms with Crippen molar-refractivity contribution in [2.24, 2.45) is 10.8 Å². The minimum Gasteiger partial charge on any atom is -0.481 e. The first-order valence-corrected chi connectivity index (χ1v) is 3.80. The Kier molecular flexibility index (Phi) is 0.859. The van der Waals surface area contributed by atoms with Crippen molar-refractivity contribution < 1.29 is 9.90 Å². The van der Waals surface area contributed by atoms with Crippen LogP contribution >= 0.6 is 0 Å². The van der Waals surface area contributed by atoms with Crippen molar-refractivity contribution in [3.05, 3.63) is 0 Å². The lowest BCUT2D eigenvalue weighted by atomic mass is 9.61. The van der Waals surface area contributed by atoms with Crippen LogP contribution < -0.4 is 0 Å². The Morgan fingerprint density at radius 1 is 1.40 bits per heavy atom. The van der Waals surface area contributed by atoms with E-state index in [1.54, 1.807) is 0 Å². The number of carboxylic acids is 1. The molecule has 0 aromatic heterocycles. The summed E-state index contributed by atoms with van der Waals surface area (Å²) >= 11 is 0. The molecule has 0 saturated heterocycles. The van der Waals surface area contributed by atoms with Gasteiger partial charge in [0.05, 0.1) is 5.41 Å². The smallest absolute Gasteiger partial charge is 0.309 e. The standard InChI is InChI=1S/C8H12O2/c1-7(6(9)10)4-8(5-7)2-3-8/h2-5H2,1H3,(H,9,10). The van der Waals surface area contributed by atoms with Gasteiger partial charge in [-0.15, -0.1) is 0 Å². The van der Waals surface area contributed by atoms with E-state index in [1.165, 1.54) is 12.8 Å². The molecule has 1 spiro atoms. The Balaban J connectivity index is 2.04. The summed E-state index contributed by atoms with van der Waals surface area (Å²) in [7, 11) is 0. The van der Waals surface area contributed by atoms with Gasteiger partial charge in [0.25, 0.3) is 0 Å². The maximum absolute atomic E-state index is 10.6. The first-order valence-electron chi connectivity index (χ1n) is 3.80. The van der Waals surface area contributed by atoms with Crippen LogP contribution in [0.5, 0.6) is 0 Å². The van der Waals surface area contributed by atoms with Crippen molar-refractivity contribution >= 4 is 5.97 Å². The minimum atomic E-state index is -0.606. The summed E-state index contributed by atoms with van der Waals surface area (Å²) in [6.45, 7) is 1.86. The zero-order valence-electron chi connectivity index (χ0n) is 6.18. The number of carboxylic acid groups (broad SMARTS) is 1. The summed E-state index contributed by atoms with van der Waals surface area (Å²) in [5, 5.41) is 8.75. The molecular formula is C8H12O2. The van der Waals surface area contributed by atoms with E-state index in [1.807, 2.05) is 6.92 Å². The Morgan fingerprint density at radius 2 is 1.90 bits per heavy atom. The van der Waals surface area contributed by atoms with E-state index in [4.69, 9.17) is 5.11 Å². The summed E-state index contributed by atoms with van der Waals surface area (Å²) in [4.78, 5) is 10.6. The average Bonchev–Trinajstić information content (AvgIpc) is 2.44. The molecule has 2 aliphatic rings. The summed E-state index contributed by atoms with van der Waals surface area (Å²) in [5.41, 5.74) is 0.142. The molecule has 2 rings (SSSR count). The van der Waals surface area contributed by atoms with Gasteiger partial charge in [-0.1, -0.05) is 0 Å². The average molecular weight is 140 g/mol. The van der Waals surface area contributed by atoms with E-state index in [0.29, 0.717) is 5.41 Å². The minimum absolute atomic E-state index is 0.365. The van der Waals surface area contributed by atoms with E-state index in [9.17, 15) is 4.79 Å². The molecule has 0 atom stereocenters. The Hall–Kier alpha value is -0.530. The third-order valence-corrected chi connectivity index (χ3v) is 3.00. The summed E-state index contributed by atoms with van der Waals surface area (Å²) in [6.07, 6.45) is 4.40. The van der Waals surface area contributed by atoms with Gasteiger partial charge >= 0.3 is 5.97 Å². The number of rotatable bonds is 1. The van der Waals surface area contributed by atoms with Crippen LogP contribution in [-0.2, 0) is 4.79 Å². The van der Waals surface area contributed by atoms with Gasteiger partial charge in [-0.2, -0.15) is 0 Å². The van der Waals surface area contributed by atoms with Crippen LogP contribution in [0, 0.1) is 10.8 Å². The van der Waals surface area contributed by atoms with E-state index >= 15 is 0 Å². The summed E-state index contributed by atoms with van der Waals surface area (Å²) < 4.78 is 0. The van der Waals surface area contributed by atoms with Crippen molar-refractivity contribution in [3.63, 3.8) is 0 Å². The molecule has 0 bridgehead atoms. The molecule has 2 fully saturated rings. The molecular weight excluding hydrogens is 128 g/mol. The quantitative estimate of drug-likeness (QED) is 0.601. The highest BCUT2D eigenvalue weighted by molar-refractivity contribution is 5.76. The lowest BCUT2D eigenvalue weighted by molar-refractivity contribution is -0.157. The molecule has 0 unspecified atom stereocenters. The monoisotopic (exact) mass is 140 g/mol. The molecule has 10 heavy (non-hydrogen) atoms. The van der Waals surface area contributed by atoms with E-state index in [2.05, 4.69) is 0 Å². The van der Waals surface area contributed by atoms with Gasteiger partial charge in [-0.05, 0) is 38.0 Å². The van der Waals surface area contributed by atoms with Gasteiger partial charge in [0, 0.05) is 0 Å². The van der Waals surface area contributed by atoms with Crippen LogP contribution in [0.4, 0.5) is 0 Å². The van der Waals surface area contributed by atoms with E-state index in [-0.39, 0.29) is 5.41 Å². The lowest BCUT2D eigenvalue weighted by Crippen LogP contribution is -2.42. The number of aliphatic carboxylic acids is 1. The SMILES string of the molecule is CC1(C(=O)O)CC2(CC2)C1. The number of hydrogen-bond acceptors (Lipinski definition) is 1. The van der Waals surface area contributed by atoms with E-state index in [0.717, 1.165) is 12.8 Å². The fraction of sp³-hybridized carbons (Fsp3) is 0.875. The van der Waals surface area contributed by atoms with Gasteiger partial charge in [-0.3, -0.25) is 4.79 Å². The molecule has 2 saturated carbocycles. The number of carbonyl (C=O) groups is 1. The zero-order valence-corrected chi connectivity index (χ0v) is 6.18. The largest absolute Gasteiger partial charge is 0.481 e. The maximum Gasteiger partial charge on any atom is 0.309 e. The first kappa shape index (κ1) is 6.20. The van der Waals surface area contributed by atoms with Gasteiger partial charge in [-0.25, -0.2) is 0 Å². The predicted octanol–water partition coefficient (Wildman–Crippen LogP) is 1.65. The zero-order chi connectivity index (χ0) is 7.41. The van der Waals surface area contributed by atoms with Crippen LogP contribution in [0.1, 0.15) is 32.6 Å². The molecule has 0 amide bonds. The van der Waals surface area contributed by atoms with Crippen molar-refractivity contribution in [2.45, 2.75) is 32.6 Å². The third-order valence-electron chi connectivity index (χ3n) is 3.00. The fourth-order valence-corrected chi connectivity index (χ4v) is 2.29. The second-order valence-corrected chi connectivity index (χ2v) is 4.22. The molecule has 56 valence electrons. The topological polar surface area (TPSA) is 37.3 Å². The molecule has 0 aliphatic heterocycles. The summed E-state index contributed by atoms with van der Waals surface area (Å²) in [6, 6.07) is 0. The lowest BCUT2D eigenvalue weighted by Gasteiger charge is -2.42. The highest BCUT2D eigenvalue weighted by atomic mass is 16.4. The molecule has 0 aromatic carbocycles. The third kappa shape index (κ3) is 0.619. The van der Waals surface area contributed by atoms with Crippen LogP contribution in [0.25, 0.3) is 0 Å². The second kappa shape index (κ2) is 1.39. The molecule has 2 nitrogen and oxygen atoms in total. The summed E-state index contributed by atoms with van der Waals surface area (Å²) in [5.74, 6) is -0.606. The normalized spacial score (nSPS) is 31.3. The van der Waals surface area contributed by atoms with E-state index < -0.39 is 5.97 Å². The first-order chi connectivity index (χ1) is 4.56. The fourth-order valence-electron chi connectivity index (χ4n) is 2.29. The molecule has 2 heteroatoms. The van der Waals surface area contributed by atoms with Crippen molar-refractivity contribution in [3.8, 4) is 0 Å². The Morgan fingerprint density at radius 3 is 2.20 bits per heavy atom. The molecule has 1 N–H and O–H groups in total. The van der Waals surface area contributed by atoms with Crippen molar-refractivity contribution in [1.82, 2.24) is 0 Å². The Bertz CT molecular complexity index is 183. The second-order valence-electron chi connectivity index (χ2n) is 4.22. The molecule has 2 aliphatic carbocycles. The van der Waals surface area contributed by atoms with Gasteiger partial charge < -0.3 is 5.11 Å². The van der Waals surface area contributed by atoms with Gasteiger partial charge in [0.2, 0.25) is 0 Å². The molecule has 0 heterocycles. The van der Waals surface area contributed by atoms with Crippen LogP contribution in [0.15, 0.2) is 0 Å². The van der Waals surface area contributed by atoms with Crippen LogP contribution in [0.3, 0.4) is 0 Å². The van der Waals surface area contributed by atoms with Crippen molar-refractivity contribution in [2.75, 3.05) is 0 Å². The highest BCUT2D eigenvalue weighted by Crippen LogP contribution is 2.68. The van der Waals surface area contributed by atoms with Crippen LogP contribution in [0.2, 0.25) is 0 Å². The molecule has 0 radical (unpaired) electrons. The maximum atomic E-state index is 10.6. The molecule has 0 aromatic rings. The number of hydrogen-bond donors (Lipinski definition) is 1. The Labute approximate surface area is 60.2 Å². The van der Waals surface area contributed by atoms with Gasteiger partial charge in [0.15, 0.2) is 0 Å². The highest BCUT2D eigenvalue weighted by Gasteiger charge is 2.61. The van der Waals surface area contributed by atoms with Gasteiger partial charge in [0.1, 0.15) is 0 Å². The van der Waals surface area contributed by atoms with Crippen molar-refractivity contribution in [1.29, 1.82) is 0 Å². The predicted molar refractivity (Wildman–Crippen MR) is 36.6 cm³/mol. The van der Waals surface area contributed by atoms with Crippen LogP contribution in [-0.4, -0.2) is 11.1 Å².